The molecule has 9 heteroatoms. The van der Waals surface area contributed by atoms with Crippen LogP contribution in [0, 0.1) is 6.92 Å². The van der Waals surface area contributed by atoms with E-state index >= 15 is 0 Å². The standard InChI is InChI=1S/C25H30BrN5O3/c1-15-7-5-8-16(11-15)23(32)30-19-13-28-22-20(19)21(18(26)12-27-22)31-10-6-9-17(14-31)29-24(33)34-25(2,3)4/h5,7-8,11-13,17H,6,9-10,14H2,1-4H3,(H,27,28)(H,29,33)(H,30,32)/t17-/m1/s1. The second-order valence-electron chi connectivity index (χ2n) is 9.64. The molecule has 1 aliphatic heterocycles. The number of benzene rings is 1. The maximum atomic E-state index is 12.9. The van der Waals surface area contributed by atoms with E-state index in [1.54, 1.807) is 18.5 Å². The van der Waals surface area contributed by atoms with E-state index in [1.165, 1.54) is 0 Å². The zero-order valence-electron chi connectivity index (χ0n) is 19.9. The molecule has 0 bridgehead atoms. The Labute approximate surface area is 207 Å². The molecule has 1 fully saturated rings. The van der Waals surface area contributed by atoms with Crippen LogP contribution < -0.4 is 15.5 Å². The van der Waals surface area contributed by atoms with Crippen LogP contribution in [0.25, 0.3) is 11.0 Å². The maximum Gasteiger partial charge on any atom is 0.407 e. The summed E-state index contributed by atoms with van der Waals surface area (Å²) in [6.07, 6.45) is 4.89. The number of H-pyrrole nitrogens is 1. The van der Waals surface area contributed by atoms with E-state index in [-0.39, 0.29) is 11.9 Å². The number of aromatic nitrogens is 2. The Morgan fingerprint density at radius 1 is 1.29 bits per heavy atom. The molecular formula is C25H30BrN5O3. The van der Waals surface area contributed by atoms with Crippen LogP contribution in [0.1, 0.15) is 49.5 Å². The molecular weight excluding hydrogens is 498 g/mol. The molecule has 1 atom stereocenters. The fraction of sp³-hybridized carbons (Fsp3) is 0.400. The van der Waals surface area contributed by atoms with Crippen molar-refractivity contribution < 1.29 is 14.3 Å². The van der Waals surface area contributed by atoms with Crippen molar-refractivity contribution in [1.82, 2.24) is 15.3 Å². The van der Waals surface area contributed by atoms with Crippen LogP contribution in [-0.4, -0.2) is 46.7 Å². The van der Waals surface area contributed by atoms with Crippen molar-refractivity contribution in [3.05, 3.63) is 52.3 Å². The third kappa shape index (κ3) is 5.52. The molecule has 2 aromatic heterocycles. The summed E-state index contributed by atoms with van der Waals surface area (Å²) < 4.78 is 6.26. The zero-order chi connectivity index (χ0) is 24.5. The number of carbonyl (C=O) groups excluding carboxylic acids is 2. The molecule has 0 saturated carbocycles. The van der Waals surface area contributed by atoms with Gasteiger partial charge in [0.05, 0.1) is 21.2 Å². The third-order valence-electron chi connectivity index (χ3n) is 5.62. The number of fused-ring (bicyclic) bond motifs is 1. The Hall–Kier alpha value is -3.07. The van der Waals surface area contributed by atoms with Gasteiger partial charge in [-0.3, -0.25) is 4.79 Å². The smallest absolute Gasteiger partial charge is 0.407 e. The lowest BCUT2D eigenvalue weighted by atomic mass is 10.0. The minimum Gasteiger partial charge on any atom is -0.444 e. The molecule has 3 aromatic rings. The maximum absolute atomic E-state index is 12.9. The number of aryl methyl sites for hydroxylation is 1. The minimum absolute atomic E-state index is 0.0528. The average Bonchev–Trinajstić information content (AvgIpc) is 3.15. The second kappa shape index (κ2) is 9.66. The second-order valence-corrected chi connectivity index (χ2v) is 10.5. The van der Waals surface area contributed by atoms with Crippen molar-refractivity contribution in [1.29, 1.82) is 0 Å². The molecule has 34 heavy (non-hydrogen) atoms. The van der Waals surface area contributed by atoms with Gasteiger partial charge in [0.2, 0.25) is 0 Å². The number of nitrogens with zero attached hydrogens (tertiary/aromatic N) is 2. The number of rotatable bonds is 4. The zero-order valence-corrected chi connectivity index (χ0v) is 21.5. The number of alkyl carbamates (subject to hydrolysis) is 1. The Morgan fingerprint density at radius 2 is 2.09 bits per heavy atom. The molecule has 3 heterocycles. The van der Waals surface area contributed by atoms with Crippen LogP contribution >= 0.6 is 15.9 Å². The first-order chi connectivity index (χ1) is 16.1. The number of halogens is 1. The summed E-state index contributed by atoms with van der Waals surface area (Å²) in [6, 6.07) is 7.43. The summed E-state index contributed by atoms with van der Waals surface area (Å²) in [7, 11) is 0. The van der Waals surface area contributed by atoms with Crippen LogP contribution in [-0.2, 0) is 4.74 Å². The fourth-order valence-corrected chi connectivity index (χ4v) is 4.77. The van der Waals surface area contributed by atoms with Crippen molar-refractivity contribution in [3.63, 3.8) is 0 Å². The van der Waals surface area contributed by atoms with Gasteiger partial charge < -0.3 is 25.3 Å². The minimum atomic E-state index is -0.547. The average molecular weight is 528 g/mol. The lowest BCUT2D eigenvalue weighted by molar-refractivity contribution is 0.0500. The van der Waals surface area contributed by atoms with Gasteiger partial charge in [-0.15, -0.1) is 0 Å². The van der Waals surface area contributed by atoms with Crippen molar-refractivity contribution in [2.45, 2.75) is 52.2 Å². The van der Waals surface area contributed by atoms with Gasteiger partial charge in [0, 0.05) is 37.1 Å². The summed E-state index contributed by atoms with van der Waals surface area (Å²) in [6.45, 7) is 8.95. The van der Waals surface area contributed by atoms with E-state index in [9.17, 15) is 9.59 Å². The highest BCUT2D eigenvalue weighted by atomic mass is 79.9. The molecule has 2 amide bonds. The number of pyridine rings is 1. The highest BCUT2D eigenvalue weighted by molar-refractivity contribution is 9.10. The van der Waals surface area contributed by atoms with Crippen LogP contribution in [0.15, 0.2) is 41.1 Å². The van der Waals surface area contributed by atoms with Crippen LogP contribution in [0.2, 0.25) is 0 Å². The van der Waals surface area contributed by atoms with Crippen LogP contribution in [0.4, 0.5) is 16.2 Å². The fourth-order valence-electron chi connectivity index (χ4n) is 4.22. The highest BCUT2D eigenvalue weighted by Gasteiger charge is 2.27. The normalized spacial score (nSPS) is 16.4. The predicted molar refractivity (Wildman–Crippen MR) is 138 cm³/mol. The number of ether oxygens (including phenoxy) is 1. The number of hydrogen-bond donors (Lipinski definition) is 3. The number of carbonyl (C=O) groups is 2. The lowest BCUT2D eigenvalue weighted by Gasteiger charge is -2.36. The Bertz CT molecular complexity index is 1220. The van der Waals surface area contributed by atoms with Gasteiger partial charge in [-0.05, 0) is 68.6 Å². The summed E-state index contributed by atoms with van der Waals surface area (Å²) in [5.41, 5.74) is 3.34. The molecule has 0 spiro atoms. The Morgan fingerprint density at radius 3 is 2.82 bits per heavy atom. The van der Waals surface area contributed by atoms with Gasteiger partial charge >= 0.3 is 6.09 Å². The first kappa shape index (κ1) is 24.1. The summed E-state index contributed by atoms with van der Waals surface area (Å²) in [5, 5.41) is 6.86. The van der Waals surface area contributed by atoms with E-state index in [2.05, 4.69) is 41.4 Å². The van der Waals surface area contributed by atoms with E-state index in [0.29, 0.717) is 23.4 Å². The molecule has 8 nitrogen and oxygen atoms in total. The molecule has 180 valence electrons. The number of aromatic amines is 1. The first-order valence-corrected chi connectivity index (χ1v) is 12.2. The molecule has 1 aliphatic rings. The topological polar surface area (TPSA) is 99.4 Å². The van der Waals surface area contributed by atoms with Gasteiger partial charge in [0.1, 0.15) is 11.2 Å². The SMILES string of the molecule is Cc1cccc(C(=O)Nc2c[nH]c3ncc(Br)c(N4CCC[C@@H](NC(=O)OC(C)(C)C)C4)c23)c1. The van der Waals surface area contributed by atoms with Crippen LogP contribution in [0.3, 0.4) is 0 Å². The molecule has 0 unspecified atom stereocenters. The van der Waals surface area contributed by atoms with Crippen molar-refractivity contribution >= 4 is 50.3 Å². The third-order valence-corrected chi connectivity index (χ3v) is 6.20. The van der Waals surface area contributed by atoms with Gasteiger partial charge in [0.15, 0.2) is 0 Å². The molecule has 0 radical (unpaired) electrons. The van der Waals surface area contributed by atoms with E-state index in [0.717, 1.165) is 40.5 Å². The lowest BCUT2D eigenvalue weighted by Crippen LogP contribution is -2.49. The van der Waals surface area contributed by atoms with E-state index in [4.69, 9.17) is 4.74 Å². The summed E-state index contributed by atoms with van der Waals surface area (Å²) in [5.74, 6) is -0.182. The quantitative estimate of drug-likeness (QED) is 0.423. The van der Waals surface area contributed by atoms with Gasteiger partial charge in [-0.2, -0.15) is 0 Å². The molecule has 0 aliphatic carbocycles. The van der Waals surface area contributed by atoms with Crippen LogP contribution in [0.5, 0.6) is 0 Å². The molecule has 3 N–H and O–H groups in total. The number of anilines is 2. The van der Waals surface area contributed by atoms with E-state index < -0.39 is 11.7 Å². The number of piperidine rings is 1. The predicted octanol–water partition coefficient (Wildman–Crippen LogP) is 5.38. The van der Waals surface area contributed by atoms with Gasteiger partial charge in [-0.25, -0.2) is 9.78 Å². The summed E-state index contributed by atoms with van der Waals surface area (Å²) in [4.78, 5) is 35.1. The largest absolute Gasteiger partial charge is 0.444 e. The Kier molecular flexibility index (Phi) is 6.84. The molecule has 1 aromatic carbocycles. The van der Waals surface area contributed by atoms with Crippen molar-refractivity contribution in [2.24, 2.45) is 0 Å². The van der Waals surface area contributed by atoms with E-state index in [1.807, 2.05) is 45.9 Å². The monoisotopic (exact) mass is 527 g/mol. The highest BCUT2D eigenvalue weighted by Crippen LogP contribution is 2.39. The first-order valence-electron chi connectivity index (χ1n) is 11.4. The van der Waals surface area contributed by atoms with Gasteiger partial charge in [-0.1, -0.05) is 17.7 Å². The van der Waals surface area contributed by atoms with Crippen molar-refractivity contribution in [2.75, 3.05) is 23.3 Å². The number of nitrogens with one attached hydrogen (secondary N) is 3. The van der Waals surface area contributed by atoms with Gasteiger partial charge in [0.25, 0.3) is 5.91 Å². The number of amides is 2. The molecule has 4 rings (SSSR count). The number of hydrogen-bond acceptors (Lipinski definition) is 5. The molecule has 1 saturated heterocycles. The Balaban J connectivity index is 1.60. The summed E-state index contributed by atoms with van der Waals surface area (Å²) >= 11 is 3.66. The van der Waals surface area contributed by atoms with Crippen molar-refractivity contribution in [3.8, 4) is 0 Å².